The van der Waals surface area contributed by atoms with Gasteiger partial charge in [0.2, 0.25) is 5.90 Å². The molecule has 1 aliphatic heterocycles. The maximum atomic E-state index is 12.3. The number of cyclic esters (lactones) is 1. The summed E-state index contributed by atoms with van der Waals surface area (Å²) >= 11 is 2.15. The number of carbonyl (C=O) groups is 1. The van der Waals surface area contributed by atoms with E-state index in [1.807, 2.05) is 24.3 Å². The Morgan fingerprint density at radius 2 is 1.96 bits per heavy atom. The minimum Gasteiger partial charge on any atom is -0.435 e. The Labute approximate surface area is 149 Å². The molecule has 0 radical (unpaired) electrons. The van der Waals surface area contributed by atoms with Crippen LogP contribution in [0.4, 0.5) is 8.78 Å². The highest BCUT2D eigenvalue weighted by Crippen LogP contribution is 2.23. The fraction of sp³-hybridized carbons (Fsp3) is 0.0588. The van der Waals surface area contributed by atoms with Crippen LogP contribution in [-0.2, 0) is 9.53 Å². The van der Waals surface area contributed by atoms with Crippen LogP contribution in [0.3, 0.4) is 0 Å². The van der Waals surface area contributed by atoms with E-state index < -0.39 is 12.6 Å². The number of rotatable bonds is 4. The van der Waals surface area contributed by atoms with Crippen molar-refractivity contribution in [3.05, 3.63) is 68.9 Å². The van der Waals surface area contributed by atoms with Crippen molar-refractivity contribution in [1.29, 1.82) is 0 Å². The molecule has 0 bridgehead atoms. The Kier molecular flexibility index (Phi) is 4.89. The third-order valence-electron chi connectivity index (χ3n) is 3.12. The summed E-state index contributed by atoms with van der Waals surface area (Å²) in [7, 11) is 0. The predicted octanol–water partition coefficient (Wildman–Crippen LogP) is 4.24. The van der Waals surface area contributed by atoms with Crippen molar-refractivity contribution >= 4 is 40.5 Å². The number of alkyl halides is 2. The highest BCUT2D eigenvalue weighted by Gasteiger charge is 2.24. The molecule has 1 aliphatic rings. The van der Waals surface area contributed by atoms with Gasteiger partial charge in [-0.05, 0) is 58.5 Å². The molecule has 0 saturated heterocycles. The van der Waals surface area contributed by atoms with E-state index >= 15 is 0 Å². The lowest BCUT2D eigenvalue weighted by Gasteiger charge is -2.05. The topological polar surface area (TPSA) is 47.9 Å². The molecule has 0 spiro atoms. The zero-order chi connectivity index (χ0) is 17.1. The molecule has 2 aromatic carbocycles. The zero-order valence-electron chi connectivity index (χ0n) is 12.1. The number of benzene rings is 2. The summed E-state index contributed by atoms with van der Waals surface area (Å²) in [6, 6.07) is 13.3. The van der Waals surface area contributed by atoms with Gasteiger partial charge in [-0.3, -0.25) is 0 Å². The van der Waals surface area contributed by atoms with Crippen LogP contribution in [0.2, 0.25) is 0 Å². The second kappa shape index (κ2) is 7.08. The number of carbonyl (C=O) groups excluding carboxylic acids is 1. The minimum atomic E-state index is -2.93. The molecule has 122 valence electrons. The molecule has 7 heteroatoms. The van der Waals surface area contributed by atoms with Gasteiger partial charge in [-0.25, -0.2) is 9.79 Å². The maximum Gasteiger partial charge on any atom is 0.387 e. The van der Waals surface area contributed by atoms with E-state index in [0.717, 1.165) is 9.13 Å². The van der Waals surface area contributed by atoms with E-state index in [9.17, 15) is 13.6 Å². The van der Waals surface area contributed by atoms with Gasteiger partial charge in [-0.2, -0.15) is 8.78 Å². The van der Waals surface area contributed by atoms with Gasteiger partial charge in [0.25, 0.3) is 0 Å². The smallest absolute Gasteiger partial charge is 0.387 e. The second-order valence-corrected chi connectivity index (χ2v) is 5.93. The molecule has 3 rings (SSSR count). The number of ether oxygens (including phenoxy) is 2. The van der Waals surface area contributed by atoms with Crippen LogP contribution in [0.25, 0.3) is 6.08 Å². The summed E-state index contributed by atoms with van der Waals surface area (Å²) in [5, 5.41) is 0. The standard InChI is InChI=1S/C17H10F2INO3/c18-17(19)23-12-6-3-5-11(8-12)15-21-14(16(22)24-15)9-10-4-1-2-7-13(10)20/h1-9,17H. The van der Waals surface area contributed by atoms with E-state index in [-0.39, 0.29) is 17.3 Å². The highest BCUT2D eigenvalue weighted by molar-refractivity contribution is 14.1. The van der Waals surface area contributed by atoms with Gasteiger partial charge in [-0.15, -0.1) is 0 Å². The molecule has 0 amide bonds. The van der Waals surface area contributed by atoms with Gasteiger partial charge >= 0.3 is 12.6 Å². The molecule has 0 aliphatic carbocycles. The molecular formula is C17H10F2INO3. The molecule has 0 saturated carbocycles. The van der Waals surface area contributed by atoms with E-state index in [2.05, 4.69) is 32.3 Å². The Morgan fingerprint density at radius 3 is 2.71 bits per heavy atom. The van der Waals surface area contributed by atoms with Crippen LogP contribution in [0, 0.1) is 3.57 Å². The van der Waals surface area contributed by atoms with Gasteiger partial charge in [-0.1, -0.05) is 24.3 Å². The average Bonchev–Trinajstić information content (AvgIpc) is 2.90. The normalized spacial score (nSPS) is 15.6. The minimum absolute atomic E-state index is 0.0312. The van der Waals surface area contributed by atoms with Crippen LogP contribution >= 0.6 is 22.6 Å². The third kappa shape index (κ3) is 3.78. The van der Waals surface area contributed by atoms with Crippen molar-refractivity contribution in [2.45, 2.75) is 6.61 Å². The Bertz CT molecular complexity index is 849. The largest absolute Gasteiger partial charge is 0.435 e. The number of hydrogen-bond donors (Lipinski definition) is 0. The molecule has 0 atom stereocenters. The molecule has 0 aromatic heterocycles. The van der Waals surface area contributed by atoms with E-state index in [1.165, 1.54) is 18.2 Å². The molecule has 0 unspecified atom stereocenters. The van der Waals surface area contributed by atoms with Crippen molar-refractivity contribution < 1.29 is 23.0 Å². The maximum absolute atomic E-state index is 12.3. The van der Waals surface area contributed by atoms with Crippen molar-refractivity contribution in [3.63, 3.8) is 0 Å². The van der Waals surface area contributed by atoms with E-state index in [0.29, 0.717) is 5.56 Å². The summed E-state index contributed by atoms with van der Waals surface area (Å²) in [5.41, 5.74) is 1.37. The summed E-state index contributed by atoms with van der Waals surface area (Å²) in [6.07, 6.45) is 1.62. The van der Waals surface area contributed by atoms with Gasteiger partial charge in [0.05, 0.1) is 0 Å². The summed E-state index contributed by atoms with van der Waals surface area (Å²) in [6.45, 7) is -2.93. The molecule has 1 heterocycles. The molecule has 4 nitrogen and oxygen atoms in total. The summed E-state index contributed by atoms with van der Waals surface area (Å²) in [5.74, 6) is -0.571. The molecule has 0 N–H and O–H groups in total. The van der Waals surface area contributed by atoms with Crippen LogP contribution in [0.1, 0.15) is 11.1 Å². The van der Waals surface area contributed by atoms with Crippen molar-refractivity contribution in [2.24, 2.45) is 4.99 Å². The third-order valence-corrected chi connectivity index (χ3v) is 4.11. The number of nitrogens with zero attached hydrogens (tertiary/aromatic N) is 1. The monoisotopic (exact) mass is 441 g/mol. The van der Waals surface area contributed by atoms with Gasteiger partial charge in [0, 0.05) is 9.13 Å². The molecule has 2 aromatic rings. The number of halogens is 3. The first kappa shape index (κ1) is 16.6. The lowest BCUT2D eigenvalue weighted by atomic mass is 10.2. The summed E-state index contributed by atoms with van der Waals surface area (Å²) < 4.78 is 35.0. The first-order chi connectivity index (χ1) is 11.5. The number of aliphatic imine (C=N–C) groups is 1. The highest BCUT2D eigenvalue weighted by atomic mass is 127. The fourth-order valence-electron chi connectivity index (χ4n) is 2.08. The first-order valence-electron chi connectivity index (χ1n) is 6.85. The Balaban J connectivity index is 1.91. The quantitative estimate of drug-likeness (QED) is 0.406. The lowest BCUT2D eigenvalue weighted by Crippen LogP contribution is -2.07. The van der Waals surface area contributed by atoms with Crippen LogP contribution < -0.4 is 4.74 Å². The first-order valence-corrected chi connectivity index (χ1v) is 7.93. The molecule has 0 fully saturated rings. The van der Waals surface area contributed by atoms with E-state index in [1.54, 1.807) is 12.1 Å². The average molecular weight is 441 g/mol. The molecule has 24 heavy (non-hydrogen) atoms. The second-order valence-electron chi connectivity index (χ2n) is 4.76. The number of hydrogen-bond acceptors (Lipinski definition) is 4. The van der Waals surface area contributed by atoms with Crippen molar-refractivity contribution in [2.75, 3.05) is 0 Å². The van der Waals surface area contributed by atoms with Crippen LogP contribution in [-0.4, -0.2) is 18.5 Å². The Morgan fingerprint density at radius 1 is 1.17 bits per heavy atom. The summed E-state index contributed by atoms with van der Waals surface area (Å²) in [4.78, 5) is 16.1. The van der Waals surface area contributed by atoms with Crippen LogP contribution in [0.5, 0.6) is 5.75 Å². The predicted molar refractivity (Wildman–Crippen MR) is 92.8 cm³/mol. The van der Waals surface area contributed by atoms with Gasteiger partial charge in [0.1, 0.15) is 5.75 Å². The molecular weight excluding hydrogens is 431 g/mol. The van der Waals surface area contributed by atoms with Gasteiger partial charge in [0.15, 0.2) is 5.70 Å². The van der Waals surface area contributed by atoms with E-state index in [4.69, 9.17) is 4.74 Å². The van der Waals surface area contributed by atoms with Crippen molar-refractivity contribution in [3.8, 4) is 5.75 Å². The van der Waals surface area contributed by atoms with Gasteiger partial charge < -0.3 is 9.47 Å². The Hall–Kier alpha value is -2.29. The SMILES string of the molecule is O=C1OC(c2cccc(OC(F)F)c2)=NC1=Cc1ccccc1I. The zero-order valence-corrected chi connectivity index (χ0v) is 14.2. The van der Waals surface area contributed by atoms with Crippen molar-refractivity contribution in [1.82, 2.24) is 0 Å². The lowest BCUT2D eigenvalue weighted by molar-refractivity contribution is -0.129. The fourth-order valence-corrected chi connectivity index (χ4v) is 2.62. The van der Waals surface area contributed by atoms with Crippen LogP contribution in [0.15, 0.2) is 59.2 Å². The number of esters is 1.